The molecule has 0 saturated carbocycles. The topological polar surface area (TPSA) is 114 Å². The number of ether oxygens (including phenoxy) is 2. The molecule has 2 N–H and O–H groups in total. The van der Waals surface area contributed by atoms with Gasteiger partial charge in [-0.15, -0.1) is 0 Å². The predicted molar refractivity (Wildman–Crippen MR) is 214 cm³/mol. The molecule has 9 heteroatoms. The lowest BCUT2D eigenvalue weighted by Crippen LogP contribution is -2.36. The molecule has 3 aromatic carbocycles. The van der Waals surface area contributed by atoms with E-state index in [2.05, 4.69) is 24.5 Å². The number of carbonyl (C=O) groups excluding carboxylic acids is 4. The predicted octanol–water partition coefficient (Wildman–Crippen LogP) is 10.1. The number of benzene rings is 3. The Morgan fingerprint density at radius 3 is 1.28 bits per heavy atom. The zero-order valence-electron chi connectivity index (χ0n) is 32.0. The van der Waals surface area contributed by atoms with Crippen LogP contribution in [0.1, 0.15) is 128 Å². The SMILES string of the molecule is CCCCCCCCCC(=O)Nc1cc(NC(=O)CCCCCCCCC)cc(N(CC(=O)OCc2ccccc2)CC(=O)OCc2ccccc2)c1. The number of nitrogens with one attached hydrogen (secondary N) is 2. The van der Waals surface area contributed by atoms with E-state index in [0.717, 1.165) is 49.7 Å². The minimum Gasteiger partial charge on any atom is -0.459 e. The van der Waals surface area contributed by atoms with E-state index in [1.807, 2.05) is 60.7 Å². The van der Waals surface area contributed by atoms with Crippen LogP contribution in [0.3, 0.4) is 0 Å². The van der Waals surface area contributed by atoms with E-state index >= 15 is 0 Å². The van der Waals surface area contributed by atoms with Crippen molar-refractivity contribution in [3.05, 3.63) is 90.0 Å². The molecular weight excluding hydrogens is 666 g/mol. The third kappa shape index (κ3) is 19.1. The standard InChI is InChI=1S/C44H61N3O6/c1-3-5-7-9-11-13-21-27-41(48)45-38-29-39(46-42(49)28-22-14-12-10-8-6-4-2)31-40(30-38)47(32-43(50)52-34-36-23-17-15-18-24-36)33-44(51)53-35-37-25-19-16-20-26-37/h15-20,23-26,29-31H,3-14,21-22,27-28,32-35H2,1-2H3,(H,45,48)(H,46,49). The summed E-state index contributed by atoms with van der Waals surface area (Å²) in [6.07, 6.45) is 16.2. The highest BCUT2D eigenvalue weighted by molar-refractivity contribution is 5.96. The number of rotatable bonds is 27. The molecule has 0 aromatic heterocycles. The molecule has 0 heterocycles. The van der Waals surface area contributed by atoms with Crippen LogP contribution in [0.4, 0.5) is 17.1 Å². The molecule has 0 aliphatic rings. The summed E-state index contributed by atoms with van der Waals surface area (Å²) in [6, 6.07) is 23.9. The fourth-order valence-corrected chi connectivity index (χ4v) is 5.99. The highest BCUT2D eigenvalue weighted by Gasteiger charge is 2.20. The van der Waals surface area contributed by atoms with Crippen LogP contribution < -0.4 is 15.5 Å². The number of anilines is 3. The molecule has 288 valence electrons. The summed E-state index contributed by atoms with van der Waals surface area (Å²) in [5, 5.41) is 5.98. The Hall–Kier alpha value is -4.66. The van der Waals surface area contributed by atoms with Crippen molar-refractivity contribution in [3.63, 3.8) is 0 Å². The van der Waals surface area contributed by atoms with Gasteiger partial charge in [-0.1, -0.05) is 152 Å². The quantitative estimate of drug-likeness (QED) is 0.0593. The van der Waals surface area contributed by atoms with Crippen LogP contribution in [-0.2, 0) is 41.9 Å². The number of hydrogen-bond acceptors (Lipinski definition) is 7. The molecule has 0 atom stereocenters. The fraction of sp³-hybridized carbons (Fsp3) is 0.500. The number of unbranched alkanes of at least 4 members (excludes halogenated alkanes) is 12. The number of esters is 2. The minimum atomic E-state index is -0.539. The lowest BCUT2D eigenvalue weighted by Gasteiger charge is -2.24. The maximum absolute atomic E-state index is 13.2. The molecule has 2 amide bonds. The van der Waals surface area contributed by atoms with Crippen LogP contribution >= 0.6 is 0 Å². The number of nitrogens with zero attached hydrogens (tertiary/aromatic N) is 1. The number of hydrogen-bond donors (Lipinski definition) is 2. The molecule has 3 aromatic rings. The summed E-state index contributed by atoms with van der Waals surface area (Å²) in [5.41, 5.74) is 3.06. The molecule has 3 rings (SSSR count). The van der Waals surface area contributed by atoms with Gasteiger partial charge in [-0.25, -0.2) is 0 Å². The summed E-state index contributed by atoms with van der Waals surface area (Å²) in [7, 11) is 0. The van der Waals surface area contributed by atoms with Gasteiger partial charge in [0.25, 0.3) is 0 Å². The Kier molecular flexibility index (Phi) is 21.1. The molecule has 9 nitrogen and oxygen atoms in total. The Labute approximate surface area is 317 Å². The van der Waals surface area contributed by atoms with Crippen molar-refractivity contribution >= 4 is 40.8 Å². The molecule has 53 heavy (non-hydrogen) atoms. The van der Waals surface area contributed by atoms with E-state index < -0.39 is 11.9 Å². The van der Waals surface area contributed by atoms with Crippen LogP contribution in [-0.4, -0.2) is 36.8 Å². The molecule has 0 spiro atoms. The van der Waals surface area contributed by atoms with E-state index in [9.17, 15) is 19.2 Å². The number of amides is 2. The number of carbonyl (C=O) groups is 4. The first-order valence-electron chi connectivity index (χ1n) is 19.7. The first-order chi connectivity index (χ1) is 25.9. The van der Waals surface area contributed by atoms with Gasteiger partial charge >= 0.3 is 11.9 Å². The van der Waals surface area contributed by atoms with Gasteiger partial charge < -0.3 is 25.0 Å². The molecule has 0 aliphatic carbocycles. The lowest BCUT2D eigenvalue weighted by atomic mass is 10.1. The van der Waals surface area contributed by atoms with Gasteiger partial charge in [-0.3, -0.25) is 19.2 Å². The van der Waals surface area contributed by atoms with E-state index in [0.29, 0.717) is 29.9 Å². The molecular formula is C44H61N3O6. The molecule has 0 aliphatic heterocycles. The van der Waals surface area contributed by atoms with Gasteiger partial charge in [0.15, 0.2) is 0 Å². The smallest absolute Gasteiger partial charge is 0.325 e. The van der Waals surface area contributed by atoms with Crippen molar-refractivity contribution in [2.75, 3.05) is 28.6 Å². The first-order valence-corrected chi connectivity index (χ1v) is 19.7. The van der Waals surface area contributed by atoms with Gasteiger partial charge in [-0.2, -0.15) is 0 Å². The maximum atomic E-state index is 13.2. The molecule has 0 unspecified atom stereocenters. The summed E-state index contributed by atoms with van der Waals surface area (Å²) in [4.78, 5) is 54.1. The Bertz CT molecular complexity index is 1390. The Morgan fingerprint density at radius 2 is 0.887 bits per heavy atom. The summed E-state index contributed by atoms with van der Waals surface area (Å²) < 4.78 is 11.2. The molecule has 0 bridgehead atoms. The van der Waals surface area contributed by atoms with Crippen LogP contribution in [0.5, 0.6) is 0 Å². The first kappa shape index (κ1) is 42.8. The van der Waals surface area contributed by atoms with Crippen LogP contribution in [0.15, 0.2) is 78.9 Å². The average Bonchev–Trinajstić information content (AvgIpc) is 3.16. The van der Waals surface area contributed by atoms with E-state index in [1.54, 1.807) is 23.1 Å². The minimum absolute atomic E-state index is 0.0839. The second kappa shape index (κ2) is 26.2. The van der Waals surface area contributed by atoms with Gasteiger partial charge in [0, 0.05) is 29.9 Å². The molecule has 0 fully saturated rings. The lowest BCUT2D eigenvalue weighted by molar-refractivity contribution is -0.144. The monoisotopic (exact) mass is 727 g/mol. The second-order valence-electron chi connectivity index (χ2n) is 13.8. The zero-order chi connectivity index (χ0) is 37.9. The normalized spacial score (nSPS) is 10.8. The van der Waals surface area contributed by atoms with Crippen molar-refractivity contribution in [3.8, 4) is 0 Å². The van der Waals surface area contributed by atoms with Gasteiger partial charge in [0.2, 0.25) is 11.8 Å². The third-order valence-electron chi connectivity index (χ3n) is 8.99. The maximum Gasteiger partial charge on any atom is 0.325 e. The average molecular weight is 728 g/mol. The van der Waals surface area contributed by atoms with Crippen molar-refractivity contribution in [1.29, 1.82) is 0 Å². The summed E-state index contributed by atoms with van der Waals surface area (Å²) in [6.45, 7) is 4.05. The largest absolute Gasteiger partial charge is 0.459 e. The molecule has 0 radical (unpaired) electrons. The third-order valence-corrected chi connectivity index (χ3v) is 8.99. The Balaban J connectivity index is 1.76. The fourth-order valence-electron chi connectivity index (χ4n) is 5.99. The van der Waals surface area contributed by atoms with E-state index in [-0.39, 0.29) is 38.1 Å². The zero-order valence-corrected chi connectivity index (χ0v) is 32.0. The van der Waals surface area contributed by atoms with Gasteiger partial charge in [0.05, 0.1) is 0 Å². The second-order valence-corrected chi connectivity index (χ2v) is 13.8. The van der Waals surface area contributed by atoms with Crippen molar-refractivity contribution < 1.29 is 28.7 Å². The van der Waals surface area contributed by atoms with Crippen molar-refractivity contribution in [1.82, 2.24) is 0 Å². The Morgan fingerprint density at radius 1 is 0.509 bits per heavy atom. The van der Waals surface area contributed by atoms with Gasteiger partial charge in [0.1, 0.15) is 26.3 Å². The van der Waals surface area contributed by atoms with Crippen LogP contribution in [0, 0.1) is 0 Å². The summed E-state index contributed by atoms with van der Waals surface area (Å²) in [5.74, 6) is -1.34. The van der Waals surface area contributed by atoms with Crippen LogP contribution in [0.2, 0.25) is 0 Å². The highest BCUT2D eigenvalue weighted by atomic mass is 16.5. The highest BCUT2D eigenvalue weighted by Crippen LogP contribution is 2.27. The van der Waals surface area contributed by atoms with E-state index in [1.165, 1.54) is 51.4 Å². The van der Waals surface area contributed by atoms with Crippen LogP contribution in [0.25, 0.3) is 0 Å². The van der Waals surface area contributed by atoms with Crippen molar-refractivity contribution in [2.45, 2.75) is 130 Å². The van der Waals surface area contributed by atoms with Crippen molar-refractivity contribution in [2.24, 2.45) is 0 Å². The summed E-state index contributed by atoms with van der Waals surface area (Å²) >= 11 is 0. The van der Waals surface area contributed by atoms with E-state index in [4.69, 9.17) is 9.47 Å². The molecule has 0 saturated heterocycles. The van der Waals surface area contributed by atoms with Gasteiger partial charge in [-0.05, 0) is 42.2 Å².